The number of benzene rings is 2. The largest absolute Gasteiger partial charge is 0.241 e. The minimum absolute atomic E-state index is 0.155. The molecule has 0 saturated heterocycles. The Bertz CT molecular complexity index is 778. The van der Waals surface area contributed by atoms with Crippen LogP contribution in [0, 0.1) is 11.3 Å². The first kappa shape index (κ1) is 16.7. The highest BCUT2D eigenvalue weighted by Gasteiger charge is 2.20. The van der Waals surface area contributed by atoms with E-state index in [1.165, 1.54) is 24.3 Å². The molecule has 0 saturated carbocycles. The van der Waals surface area contributed by atoms with E-state index in [1.54, 1.807) is 0 Å². The van der Waals surface area contributed by atoms with Crippen molar-refractivity contribution in [3.05, 3.63) is 64.1 Å². The lowest BCUT2D eigenvalue weighted by molar-refractivity contribution is 0.550. The van der Waals surface area contributed by atoms with Gasteiger partial charge >= 0.3 is 0 Å². The number of nitriles is 1. The van der Waals surface area contributed by atoms with Crippen LogP contribution in [0.25, 0.3) is 0 Å². The molecule has 0 heterocycles. The van der Waals surface area contributed by atoms with E-state index < -0.39 is 10.0 Å². The molecule has 114 valence electrons. The van der Waals surface area contributed by atoms with Gasteiger partial charge in [0.1, 0.15) is 0 Å². The van der Waals surface area contributed by atoms with Crippen molar-refractivity contribution in [3.8, 4) is 6.07 Å². The van der Waals surface area contributed by atoms with Crippen molar-refractivity contribution in [2.45, 2.75) is 24.3 Å². The number of hydrogen-bond acceptors (Lipinski definition) is 3. The summed E-state index contributed by atoms with van der Waals surface area (Å²) in [7, 11) is -3.63. The van der Waals surface area contributed by atoms with E-state index >= 15 is 0 Å². The molecule has 0 aliphatic heterocycles. The number of nitrogens with one attached hydrogen (secondary N) is 1. The Morgan fingerprint density at radius 1 is 1.14 bits per heavy atom. The summed E-state index contributed by atoms with van der Waals surface area (Å²) in [6.07, 6.45) is 0.636. The van der Waals surface area contributed by atoms with Crippen LogP contribution in [0.15, 0.2) is 57.9 Å². The average molecular weight is 379 g/mol. The van der Waals surface area contributed by atoms with Crippen LogP contribution in [0.4, 0.5) is 0 Å². The summed E-state index contributed by atoms with van der Waals surface area (Å²) < 4.78 is 28.5. The number of hydrogen-bond donors (Lipinski definition) is 1. The Hall–Kier alpha value is -1.68. The van der Waals surface area contributed by atoms with E-state index in [9.17, 15) is 8.42 Å². The molecule has 2 aromatic rings. The summed E-state index contributed by atoms with van der Waals surface area (Å²) in [5, 5.41) is 8.77. The van der Waals surface area contributed by atoms with Crippen LogP contribution in [0.5, 0.6) is 0 Å². The maximum Gasteiger partial charge on any atom is 0.241 e. The number of rotatable bonds is 5. The van der Waals surface area contributed by atoms with Crippen molar-refractivity contribution in [2.24, 2.45) is 0 Å². The summed E-state index contributed by atoms with van der Waals surface area (Å²) in [6.45, 7) is 1.92. The SMILES string of the molecule is CC[C@H](NS(=O)(=O)c1ccc(C#N)cc1)c1ccc(Br)cc1. The maximum absolute atomic E-state index is 12.4. The highest BCUT2D eigenvalue weighted by Crippen LogP contribution is 2.22. The lowest BCUT2D eigenvalue weighted by Crippen LogP contribution is -2.28. The second-order valence-corrected chi connectivity index (χ2v) is 7.40. The first-order valence-corrected chi connectivity index (χ1v) is 9.02. The second-order valence-electron chi connectivity index (χ2n) is 4.77. The molecule has 0 unspecified atom stereocenters. The van der Waals surface area contributed by atoms with E-state index in [2.05, 4.69) is 20.7 Å². The quantitative estimate of drug-likeness (QED) is 0.860. The second kappa shape index (κ2) is 7.05. The highest BCUT2D eigenvalue weighted by atomic mass is 79.9. The third-order valence-electron chi connectivity index (χ3n) is 3.27. The van der Waals surface area contributed by atoms with Crippen molar-refractivity contribution in [2.75, 3.05) is 0 Å². The highest BCUT2D eigenvalue weighted by molar-refractivity contribution is 9.10. The summed E-state index contributed by atoms with van der Waals surface area (Å²) in [5.41, 5.74) is 1.34. The fourth-order valence-electron chi connectivity index (χ4n) is 2.05. The minimum atomic E-state index is -3.63. The molecular weight excluding hydrogens is 364 g/mol. The zero-order valence-corrected chi connectivity index (χ0v) is 14.4. The summed E-state index contributed by atoms with van der Waals surface area (Å²) in [6, 6.07) is 15.1. The third kappa shape index (κ3) is 3.95. The van der Waals surface area contributed by atoms with Crippen molar-refractivity contribution in [1.82, 2.24) is 4.72 Å². The van der Waals surface area contributed by atoms with Crippen LogP contribution < -0.4 is 4.72 Å². The van der Waals surface area contributed by atoms with Gasteiger partial charge in [0.2, 0.25) is 10.0 Å². The van der Waals surface area contributed by atoms with Gasteiger partial charge in [0.15, 0.2) is 0 Å². The van der Waals surface area contributed by atoms with Crippen LogP contribution in [0.1, 0.15) is 30.5 Å². The first-order chi connectivity index (χ1) is 10.5. The van der Waals surface area contributed by atoms with Crippen LogP contribution >= 0.6 is 15.9 Å². The van der Waals surface area contributed by atoms with Gasteiger partial charge in [-0.1, -0.05) is 35.0 Å². The van der Waals surface area contributed by atoms with E-state index in [4.69, 9.17) is 5.26 Å². The van der Waals surface area contributed by atoms with Gasteiger partial charge in [0, 0.05) is 10.5 Å². The van der Waals surface area contributed by atoms with Crippen LogP contribution in [0.3, 0.4) is 0 Å². The van der Waals surface area contributed by atoms with Crippen molar-refractivity contribution in [1.29, 1.82) is 5.26 Å². The zero-order chi connectivity index (χ0) is 16.2. The predicted molar refractivity (Wildman–Crippen MR) is 88.7 cm³/mol. The molecule has 0 spiro atoms. The van der Waals surface area contributed by atoms with E-state index in [-0.39, 0.29) is 10.9 Å². The summed E-state index contributed by atoms with van der Waals surface area (Å²) >= 11 is 3.36. The fourth-order valence-corrected chi connectivity index (χ4v) is 3.62. The summed E-state index contributed by atoms with van der Waals surface area (Å²) in [5.74, 6) is 0. The smallest absolute Gasteiger partial charge is 0.207 e. The van der Waals surface area contributed by atoms with Gasteiger partial charge in [-0.3, -0.25) is 0 Å². The molecule has 2 aromatic carbocycles. The van der Waals surface area contributed by atoms with E-state index in [0.717, 1.165) is 10.0 Å². The summed E-state index contributed by atoms with van der Waals surface area (Å²) in [4.78, 5) is 0.155. The molecule has 0 amide bonds. The van der Waals surface area contributed by atoms with E-state index in [0.29, 0.717) is 12.0 Å². The molecule has 4 nitrogen and oxygen atoms in total. The Morgan fingerprint density at radius 3 is 2.23 bits per heavy atom. The van der Waals surface area contributed by atoms with Crippen molar-refractivity contribution >= 4 is 26.0 Å². The fraction of sp³-hybridized carbons (Fsp3) is 0.188. The molecule has 0 bridgehead atoms. The Balaban J connectivity index is 2.25. The van der Waals surface area contributed by atoms with Crippen LogP contribution in [-0.4, -0.2) is 8.42 Å². The molecule has 22 heavy (non-hydrogen) atoms. The Kier molecular flexibility index (Phi) is 5.35. The first-order valence-electron chi connectivity index (χ1n) is 6.74. The monoisotopic (exact) mass is 378 g/mol. The molecular formula is C16H15BrN2O2S. The van der Waals surface area contributed by atoms with Crippen molar-refractivity contribution < 1.29 is 8.42 Å². The zero-order valence-electron chi connectivity index (χ0n) is 12.0. The number of halogens is 1. The minimum Gasteiger partial charge on any atom is -0.207 e. The van der Waals surface area contributed by atoms with Gasteiger partial charge in [-0.25, -0.2) is 13.1 Å². The number of nitrogens with zero attached hydrogens (tertiary/aromatic N) is 1. The van der Waals surface area contributed by atoms with Gasteiger partial charge in [-0.15, -0.1) is 0 Å². The predicted octanol–water partition coefficient (Wildman–Crippen LogP) is 3.75. The van der Waals surface area contributed by atoms with Gasteiger partial charge in [0.25, 0.3) is 0 Å². The standard InChI is InChI=1S/C16H15BrN2O2S/c1-2-16(13-5-7-14(17)8-6-13)19-22(20,21)15-9-3-12(11-18)4-10-15/h3-10,16,19H,2H2,1H3/t16-/m0/s1. The van der Waals surface area contributed by atoms with E-state index in [1.807, 2.05) is 37.3 Å². The molecule has 6 heteroatoms. The normalized spacial score (nSPS) is 12.6. The van der Waals surface area contributed by atoms with Gasteiger partial charge in [-0.05, 0) is 48.4 Å². The van der Waals surface area contributed by atoms with Gasteiger partial charge in [-0.2, -0.15) is 5.26 Å². The maximum atomic E-state index is 12.4. The third-order valence-corrected chi connectivity index (χ3v) is 5.29. The molecule has 1 N–H and O–H groups in total. The molecule has 0 aromatic heterocycles. The molecule has 0 aliphatic carbocycles. The van der Waals surface area contributed by atoms with Crippen LogP contribution in [-0.2, 0) is 10.0 Å². The Labute approximate surface area is 139 Å². The average Bonchev–Trinajstić information content (AvgIpc) is 2.53. The van der Waals surface area contributed by atoms with Crippen LogP contribution in [0.2, 0.25) is 0 Å². The van der Waals surface area contributed by atoms with Gasteiger partial charge in [0.05, 0.1) is 16.5 Å². The molecule has 0 fully saturated rings. The molecule has 1 atom stereocenters. The van der Waals surface area contributed by atoms with Crippen molar-refractivity contribution in [3.63, 3.8) is 0 Å². The Morgan fingerprint density at radius 2 is 1.73 bits per heavy atom. The molecule has 0 radical (unpaired) electrons. The molecule has 2 rings (SSSR count). The lowest BCUT2D eigenvalue weighted by atomic mass is 10.1. The topological polar surface area (TPSA) is 70.0 Å². The molecule has 0 aliphatic rings. The lowest BCUT2D eigenvalue weighted by Gasteiger charge is -2.17. The number of sulfonamides is 1. The van der Waals surface area contributed by atoms with Gasteiger partial charge < -0.3 is 0 Å².